The lowest BCUT2D eigenvalue weighted by Gasteiger charge is -2.16. The van der Waals surface area contributed by atoms with Gasteiger partial charge in [0.25, 0.3) is 5.91 Å². The molecular weight excluding hydrogens is 458 g/mol. The molecule has 8 heteroatoms. The predicted octanol–water partition coefficient (Wildman–Crippen LogP) is 5.78. The number of nitrogens with one attached hydrogen (secondary N) is 2. The van der Waals surface area contributed by atoms with Gasteiger partial charge in [0.05, 0.1) is 34.1 Å². The number of pyridine rings is 1. The molecule has 1 aromatic heterocycles. The van der Waals surface area contributed by atoms with E-state index in [1.54, 1.807) is 46.8 Å². The number of nitrogens with zero attached hydrogens (tertiary/aromatic N) is 1. The highest BCUT2D eigenvalue weighted by atomic mass is 16.5. The number of hydrogen-bond acceptors (Lipinski definition) is 7. The summed E-state index contributed by atoms with van der Waals surface area (Å²) in [6.07, 6.45) is 1.71. The highest BCUT2D eigenvalue weighted by Gasteiger charge is 2.17. The summed E-state index contributed by atoms with van der Waals surface area (Å²) in [6, 6.07) is 21.9. The molecule has 0 saturated carbocycles. The summed E-state index contributed by atoms with van der Waals surface area (Å²) in [5.74, 6) is 2.50. The normalized spacial score (nSPS) is 10.3. The number of methoxy groups -OCH3 is 4. The molecule has 0 saturated heterocycles. The van der Waals surface area contributed by atoms with Gasteiger partial charge < -0.3 is 29.6 Å². The molecule has 0 bridgehead atoms. The molecule has 0 spiro atoms. The number of anilines is 3. The second kappa shape index (κ2) is 11.1. The number of amides is 1. The molecule has 0 aliphatic carbocycles. The number of ether oxygens (including phenoxy) is 4. The number of benzene rings is 3. The van der Waals surface area contributed by atoms with Crippen LogP contribution in [0.15, 0.2) is 79.0 Å². The fourth-order valence-electron chi connectivity index (χ4n) is 3.66. The standard InChI is InChI=1S/C28H27N3O5/c1-33-22-12-10-21(11-13-22)30-27-23(31-28(32)18-8-6-5-7-9-18)14-20(17-29-27)19-15-24(34-2)26(36-4)25(16-19)35-3/h5-17H,1-4H3,(H,29,30)(H,31,32). The number of aromatic nitrogens is 1. The molecule has 0 aliphatic heterocycles. The Hall–Kier alpha value is -4.72. The zero-order valence-corrected chi connectivity index (χ0v) is 20.5. The molecule has 0 fully saturated rings. The summed E-state index contributed by atoms with van der Waals surface area (Å²) in [6.45, 7) is 0. The second-order valence-electron chi connectivity index (χ2n) is 7.71. The van der Waals surface area contributed by atoms with E-state index in [1.165, 1.54) is 0 Å². The van der Waals surface area contributed by atoms with Crippen molar-refractivity contribution in [3.05, 3.63) is 84.6 Å². The van der Waals surface area contributed by atoms with Crippen molar-refractivity contribution in [2.24, 2.45) is 0 Å². The Morgan fingerprint density at radius 3 is 2.00 bits per heavy atom. The third-order valence-electron chi connectivity index (χ3n) is 5.52. The number of rotatable bonds is 9. The van der Waals surface area contributed by atoms with Crippen LogP contribution in [0.4, 0.5) is 17.2 Å². The Morgan fingerprint density at radius 2 is 1.42 bits per heavy atom. The fourth-order valence-corrected chi connectivity index (χ4v) is 3.66. The van der Waals surface area contributed by atoms with Crippen molar-refractivity contribution in [3.8, 4) is 34.1 Å². The van der Waals surface area contributed by atoms with Gasteiger partial charge in [-0.15, -0.1) is 0 Å². The van der Waals surface area contributed by atoms with E-state index in [0.717, 1.165) is 22.6 Å². The Balaban J connectivity index is 1.75. The maximum atomic E-state index is 13.0. The predicted molar refractivity (Wildman–Crippen MR) is 140 cm³/mol. The number of carbonyl (C=O) groups excluding carboxylic acids is 1. The lowest BCUT2D eigenvalue weighted by atomic mass is 10.1. The topological polar surface area (TPSA) is 90.9 Å². The van der Waals surface area contributed by atoms with Crippen molar-refractivity contribution in [1.82, 2.24) is 4.98 Å². The minimum absolute atomic E-state index is 0.253. The van der Waals surface area contributed by atoms with Gasteiger partial charge in [-0.25, -0.2) is 4.98 Å². The first-order valence-corrected chi connectivity index (χ1v) is 11.1. The van der Waals surface area contributed by atoms with Crippen molar-refractivity contribution in [2.45, 2.75) is 0 Å². The van der Waals surface area contributed by atoms with Gasteiger partial charge in [0.15, 0.2) is 17.3 Å². The third-order valence-corrected chi connectivity index (χ3v) is 5.52. The van der Waals surface area contributed by atoms with Gasteiger partial charge in [-0.2, -0.15) is 0 Å². The summed E-state index contributed by atoms with van der Waals surface area (Å²) in [5, 5.41) is 6.26. The first-order chi connectivity index (χ1) is 17.6. The van der Waals surface area contributed by atoms with E-state index in [-0.39, 0.29) is 5.91 Å². The smallest absolute Gasteiger partial charge is 0.255 e. The maximum absolute atomic E-state index is 13.0. The van der Waals surface area contributed by atoms with Crippen molar-refractivity contribution >= 4 is 23.1 Å². The van der Waals surface area contributed by atoms with Gasteiger partial charge in [0.1, 0.15) is 5.75 Å². The quantitative estimate of drug-likeness (QED) is 0.311. The Kier molecular flexibility index (Phi) is 7.55. The van der Waals surface area contributed by atoms with E-state index in [4.69, 9.17) is 18.9 Å². The number of carbonyl (C=O) groups is 1. The van der Waals surface area contributed by atoms with Crippen LogP contribution >= 0.6 is 0 Å². The first-order valence-electron chi connectivity index (χ1n) is 11.1. The van der Waals surface area contributed by atoms with Gasteiger partial charge >= 0.3 is 0 Å². The summed E-state index contributed by atoms with van der Waals surface area (Å²) < 4.78 is 21.7. The van der Waals surface area contributed by atoms with E-state index in [1.807, 2.05) is 60.7 Å². The molecule has 4 aromatic rings. The van der Waals surface area contributed by atoms with E-state index in [2.05, 4.69) is 15.6 Å². The fraction of sp³-hybridized carbons (Fsp3) is 0.143. The van der Waals surface area contributed by atoms with Crippen LogP contribution in [0.5, 0.6) is 23.0 Å². The van der Waals surface area contributed by atoms with Crippen LogP contribution in [0.25, 0.3) is 11.1 Å². The van der Waals surface area contributed by atoms with Crippen LogP contribution in [0.2, 0.25) is 0 Å². The SMILES string of the molecule is COc1ccc(Nc2ncc(-c3cc(OC)c(OC)c(OC)c3)cc2NC(=O)c2ccccc2)cc1. The second-order valence-corrected chi connectivity index (χ2v) is 7.71. The van der Waals surface area contributed by atoms with E-state index in [0.29, 0.717) is 34.3 Å². The molecule has 0 aliphatic rings. The summed E-state index contributed by atoms with van der Waals surface area (Å²) in [4.78, 5) is 17.6. The third kappa shape index (κ3) is 5.33. The molecule has 2 N–H and O–H groups in total. The molecular formula is C28H27N3O5. The van der Waals surface area contributed by atoms with Crippen molar-refractivity contribution < 1.29 is 23.7 Å². The molecule has 0 radical (unpaired) electrons. The molecule has 1 heterocycles. The molecule has 0 unspecified atom stereocenters. The average molecular weight is 486 g/mol. The van der Waals surface area contributed by atoms with Crippen LogP contribution in [0, 0.1) is 0 Å². The summed E-state index contributed by atoms with van der Waals surface area (Å²) in [5.41, 5.74) is 3.36. The lowest BCUT2D eigenvalue weighted by molar-refractivity contribution is 0.102. The van der Waals surface area contributed by atoms with Crippen molar-refractivity contribution in [3.63, 3.8) is 0 Å². The molecule has 3 aromatic carbocycles. The van der Waals surface area contributed by atoms with Crippen LogP contribution in [0.1, 0.15) is 10.4 Å². The van der Waals surface area contributed by atoms with E-state index >= 15 is 0 Å². The zero-order chi connectivity index (χ0) is 25.5. The minimum atomic E-state index is -0.253. The molecule has 184 valence electrons. The van der Waals surface area contributed by atoms with Crippen LogP contribution in [-0.4, -0.2) is 39.3 Å². The molecule has 8 nitrogen and oxygen atoms in total. The van der Waals surface area contributed by atoms with Gasteiger partial charge in [0.2, 0.25) is 5.75 Å². The first kappa shape index (κ1) is 24.4. The van der Waals surface area contributed by atoms with Crippen LogP contribution in [0.3, 0.4) is 0 Å². The minimum Gasteiger partial charge on any atom is -0.497 e. The average Bonchev–Trinajstić information content (AvgIpc) is 2.93. The molecule has 4 rings (SSSR count). The maximum Gasteiger partial charge on any atom is 0.255 e. The number of hydrogen-bond donors (Lipinski definition) is 2. The van der Waals surface area contributed by atoms with Gasteiger partial charge in [-0.1, -0.05) is 18.2 Å². The lowest BCUT2D eigenvalue weighted by Crippen LogP contribution is -2.13. The van der Waals surface area contributed by atoms with E-state index < -0.39 is 0 Å². The summed E-state index contributed by atoms with van der Waals surface area (Å²) >= 11 is 0. The highest BCUT2D eigenvalue weighted by Crippen LogP contribution is 2.42. The summed E-state index contributed by atoms with van der Waals surface area (Å²) in [7, 11) is 6.29. The zero-order valence-electron chi connectivity index (χ0n) is 20.5. The van der Waals surface area contributed by atoms with Gasteiger partial charge in [-0.05, 0) is 60.2 Å². The largest absolute Gasteiger partial charge is 0.497 e. The Labute approximate surface area is 209 Å². The van der Waals surface area contributed by atoms with Crippen molar-refractivity contribution in [2.75, 3.05) is 39.1 Å². The monoisotopic (exact) mass is 485 g/mol. The highest BCUT2D eigenvalue weighted by molar-refractivity contribution is 6.06. The van der Waals surface area contributed by atoms with E-state index in [9.17, 15) is 4.79 Å². The Morgan fingerprint density at radius 1 is 0.750 bits per heavy atom. The Bertz CT molecular complexity index is 1320. The van der Waals surface area contributed by atoms with Gasteiger partial charge in [0, 0.05) is 23.0 Å². The van der Waals surface area contributed by atoms with Gasteiger partial charge in [-0.3, -0.25) is 4.79 Å². The molecule has 1 amide bonds. The molecule has 0 atom stereocenters. The van der Waals surface area contributed by atoms with Crippen LogP contribution in [-0.2, 0) is 0 Å². The van der Waals surface area contributed by atoms with Crippen LogP contribution < -0.4 is 29.6 Å². The van der Waals surface area contributed by atoms with Crippen molar-refractivity contribution in [1.29, 1.82) is 0 Å². The molecule has 36 heavy (non-hydrogen) atoms.